The van der Waals surface area contributed by atoms with Crippen molar-refractivity contribution in [2.24, 2.45) is 9.98 Å². The Morgan fingerprint density at radius 1 is 1.04 bits per heavy atom. The third-order valence-electron chi connectivity index (χ3n) is 8.93. The van der Waals surface area contributed by atoms with E-state index in [9.17, 15) is 20.0 Å². The van der Waals surface area contributed by atoms with Crippen molar-refractivity contribution in [3.05, 3.63) is 106 Å². The van der Waals surface area contributed by atoms with Crippen molar-refractivity contribution in [1.82, 2.24) is 34.7 Å². The summed E-state index contributed by atoms with van der Waals surface area (Å²) in [5.41, 5.74) is 4.38. The van der Waals surface area contributed by atoms with Crippen LogP contribution in [0.4, 0.5) is 23.5 Å². The zero-order valence-electron chi connectivity index (χ0n) is 31.2. The minimum Gasteiger partial charge on any atom is -0.492 e. The number of rotatable bonds is 15. The van der Waals surface area contributed by atoms with Gasteiger partial charge >= 0.3 is 5.97 Å². The number of nitrogens with one attached hydrogen (secondary N) is 4. The van der Waals surface area contributed by atoms with Gasteiger partial charge in [0.05, 0.1) is 36.3 Å². The number of aliphatic hydroxyl groups is 1. The Bertz CT molecular complexity index is 2350. The topological polar surface area (TPSA) is 222 Å². The molecule has 292 valence electrons. The van der Waals surface area contributed by atoms with E-state index in [1.54, 1.807) is 48.2 Å². The molecule has 18 heteroatoms. The van der Waals surface area contributed by atoms with E-state index < -0.39 is 23.8 Å². The highest BCUT2D eigenvalue weighted by molar-refractivity contribution is 6.31. The van der Waals surface area contributed by atoms with Gasteiger partial charge in [0.25, 0.3) is 5.91 Å². The van der Waals surface area contributed by atoms with Gasteiger partial charge in [-0.1, -0.05) is 35.9 Å². The van der Waals surface area contributed by atoms with Gasteiger partial charge in [-0.2, -0.15) is 20.2 Å². The van der Waals surface area contributed by atoms with E-state index in [0.29, 0.717) is 54.8 Å². The van der Waals surface area contributed by atoms with Crippen LogP contribution in [0.15, 0.2) is 88.3 Å². The monoisotopic (exact) mass is 789 g/mol. The van der Waals surface area contributed by atoms with Crippen molar-refractivity contribution < 1.29 is 19.4 Å². The highest BCUT2D eigenvalue weighted by Gasteiger charge is 2.26. The Morgan fingerprint density at radius 2 is 1.79 bits per heavy atom. The van der Waals surface area contributed by atoms with Crippen LogP contribution >= 0.6 is 11.6 Å². The Kier molecular flexibility index (Phi) is 13.0. The number of aromatic amines is 1. The first-order valence-corrected chi connectivity index (χ1v) is 18.3. The fourth-order valence-electron chi connectivity index (χ4n) is 6.11. The van der Waals surface area contributed by atoms with Crippen LogP contribution in [0.1, 0.15) is 29.4 Å². The summed E-state index contributed by atoms with van der Waals surface area (Å²) in [7, 11) is 1.30. The number of piperazine rings is 1. The maximum Gasteiger partial charge on any atom is 0.328 e. The molecule has 0 bridgehead atoms. The van der Waals surface area contributed by atoms with Gasteiger partial charge < -0.3 is 35.7 Å². The molecular formula is C39H40ClN13O4. The summed E-state index contributed by atoms with van der Waals surface area (Å²) in [6.07, 6.45) is 1.62. The second-order valence-corrected chi connectivity index (χ2v) is 13.3. The van der Waals surface area contributed by atoms with E-state index in [1.165, 1.54) is 13.3 Å². The molecule has 6 rings (SSSR count). The number of hydrogen-bond donors (Lipinski definition) is 5. The number of benzene rings is 3. The average molecular weight is 790 g/mol. The number of fused-ring (bicyclic) bond motifs is 1. The molecule has 0 aliphatic carbocycles. The minimum atomic E-state index is -0.864. The van der Waals surface area contributed by atoms with E-state index in [4.69, 9.17) is 16.3 Å². The van der Waals surface area contributed by atoms with Crippen molar-refractivity contribution in [1.29, 1.82) is 5.26 Å². The molecule has 17 nitrogen and oxygen atoms in total. The fraction of sp³-hybridized carbons (Fsp3) is 0.256. The third-order valence-corrected chi connectivity index (χ3v) is 9.16. The molecule has 5 aromatic rings. The number of halogens is 1. The van der Waals surface area contributed by atoms with Crippen LogP contribution in [0.2, 0.25) is 5.02 Å². The van der Waals surface area contributed by atoms with Crippen molar-refractivity contribution >= 4 is 71.0 Å². The highest BCUT2D eigenvalue weighted by Crippen LogP contribution is 2.22. The molecule has 1 fully saturated rings. The summed E-state index contributed by atoms with van der Waals surface area (Å²) in [6.45, 7) is 7.98. The van der Waals surface area contributed by atoms with Gasteiger partial charge in [0.1, 0.15) is 11.9 Å². The van der Waals surface area contributed by atoms with E-state index in [1.807, 2.05) is 30.3 Å². The number of anilines is 4. The number of H-pyrrole nitrogens is 1. The number of hydrogen-bond acceptors (Lipinski definition) is 15. The molecule has 1 aliphatic rings. The number of aliphatic imine (C=N–C) groups is 2. The second kappa shape index (κ2) is 18.6. The first kappa shape index (κ1) is 39.8. The van der Waals surface area contributed by atoms with Crippen molar-refractivity contribution in [2.75, 3.05) is 49.2 Å². The number of esters is 1. The van der Waals surface area contributed by atoms with Crippen LogP contribution < -0.4 is 16.0 Å². The van der Waals surface area contributed by atoms with Crippen molar-refractivity contribution in [3.8, 4) is 6.07 Å². The van der Waals surface area contributed by atoms with Gasteiger partial charge in [-0.25, -0.2) is 14.8 Å². The quantitative estimate of drug-likeness (QED) is 0.0409. The molecule has 57 heavy (non-hydrogen) atoms. The number of carbonyl (C=O) groups excluding carboxylic acids is 2. The normalized spacial score (nSPS) is 14.1. The van der Waals surface area contributed by atoms with E-state index in [-0.39, 0.29) is 36.5 Å². The summed E-state index contributed by atoms with van der Waals surface area (Å²) in [6, 6.07) is 21.3. The lowest BCUT2D eigenvalue weighted by Crippen LogP contribution is -2.48. The van der Waals surface area contributed by atoms with Crippen molar-refractivity contribution in [2.45, 2.75) is 32.5 Å². The van der Waals surface area contributed by atoms with E-state index in [0.717, 1.165) is 22.2 Å². The molecule has 0 saturated carbocycles. The van der Waals surface area contributed by atoms with Gasteiger partial charge in [-0.3, -0.25) is 14.7 Å². The molecule has 1 aliphatic heterocycles. The van der Waals surface area contributed by atoms with Crippen LogP contribution in [0.25, 0.3) is 11.0 Å². The summed E-state index contributed by atoms with van der Waals surface area (Å²) in [5.74, 6) is -0.267. The number of nitrogens with zero attached hydrogens (tertiary/aromatic N) is 9. The largest absolute Gasteiger partial charge is 0.492 e. The van der Waals surface area contributed by atoms with Crippen LogP contribution in [-0.4, -0.2) is 104 Å². The molecule has 5 N–H and O–H groups in total. The van der Waals surface area contributed by atoms with Gasteiger partial charge in [0.15, 0.2) is 5.70 Å². The third kappa shape index (κ3) is 10.4. The Morgan fingerprint density at radius 3 is 2.51 bits per heavy atom. The maximum atomic E-state index is 13.0. The van der Waals surface area contributed by atoms with Gasteiger partial charge in [0, 0.05) is 56.1 Å². The van der Waals surface area contributed by atoms with Crippen LogP contribution in [0.5, 0.6) is 0 Å². The molecule has 0 spiro atoms. The maximum absolute atomic E-state index is 13.0. The number of aromatic nitrogens is 5. The van der Waals surface area contributed by atoms with Gasteiger partial charge in [0.2, 0.25) is 23.7 Å². The molecule has 3 heterocycles. The molecule has 2 aromatic heterocycles. The number of carbonyl (C=O) groups is 2. The summed E-state index contributed by atoms with van der Waals surface area (Å²) < 4.78 is 5.10. The first-order chi connectivity index (χ1) is 27.6. The molecule has 1 atom stereocenters. The number of nitriles is 1. The lowest BCUT2D eigenvalue weighted by molar-refractivity contribution is -0.141. The number of amides is 1. The predicted octanol–water partition coefficient (Wildman–Crippen LogP) is 4.99. The van der Waals surface area contributed by atoms with Crippen molar-refractivity contribution in [3.63, 3.8) is 0 Å². The standard InChI is InChI=1S/C39H40ClN13O4/c1-4-43-34(54)33(42-2)35(55)53-16-14-52(15-17-53)23-26-6-5-7-28(18-26)45-38-49-37(44-22-32-46-29-13-12-27(40)20-30(29)47-32)50-39(51-38)48-31(36(56)57-3)19-24-8-10-25(21-41)11-9-24/h4-13,18,20,31,54H,2,14-17,19,22-23H2,1,3H3,(H,46,47)(H3,44,45,48,49,50,51)/b34-33+,43-4?/t31-/m0/s1. The zero-order valence-corrected chi connectivity index (χ0v) is 32.0. The van der Waals surface area contributed by atoms with Gasteiger partial charge in [-0.05, 0) is 67.2 Å². The summed E-state index contributed by atoms with van der Waals surface area (Å²) in [4.78, 5) is 58.9. The Labute approximate surface area is 333 Å². The molecular weight excluding hydrogens is 750 g/mol. The lowest BCUT2D eigenvalue weighted by Gasteiger charge is -2.34. The molecule has 1 amide bonds. The van der Waals surface area contributed by atoms with E-state index >= 15 is 0 Å². The number of aliphatic hydroxyl groups excluding tert-OH is 1. The SMILES string of the molecule is C=N/C(C(=O)N1CCN(Cc2cccc(Nc3nc(NCc4nc5ccc(Cl)cc5[nH]4)nc(N[C@@H](Cc4ccc(C#N)cc4)C(=O)OC)n3)c2)CC1)=C(/O)N=CC. The number of imidazole rings is 1. The van der Waals surface area contributed by atoms with Gasteiger partial charge in [-0.15, -0.1) is 0 Å². The Hall–Kier alpha value is -6.90. The average Bonchev–Trinajstić information content (AvgIpc) is 3.62. The van der Waals surface area contributed by atoms with Crippen LogP contribution in [-0.2, 0) is 33.8 Å². The summed E-state index contributed by atoms with van der Waals surface area (Å²) in [5, 5.41) is 29.5. The predicted molar refractivity (Wildman–Crippen MR) is 217 cm³/mol. The summed E-state index contributed by atoms with van der Waals surface area (Å²) >= 11 is 6.16. The molecule has 0 radical (unpaired) electrons. The first-order valence-electron chi connectivity index (χ1n) is 17.9. The number of methoxy groups -OCH3 is 1. The number of ether oxygens (including phenoxy) is 1. The smallest absolute Gasteiger partial charge is 0.328 e. The Balaban J connectivity index is 1.18. The zero-order chi connectivity index (χ0) is 40.3. The molecule has 0 unspecified atom stereocenters. The highest BCUT2D eigenvalue weighted by atomic mass is 35.5. The second-order valence-electron chi connectivity index (χ2n) is 12.8. The van der Waals surface area contributed by atoms with Crippen LogP contribution in [0.3, 0.4) is 0 Å². The van der Waals surface area contributed by atoms with E-state index in [2.05, 4.69) is 68.5 Å². The molecule has 1 saturated heterocycles. The molecule has 3 aromatic carbocycles. The lowest BCUT2D eigenvalue weighted by atomic mass is 10.0. The fourth-order valence-corrected chi connectivity index (χ4v) is 6.28. The van der Waals surface area contributed by atoms with Crippen LogP contribution in [0, 0.1) is 11.3 Å². The minimum absolute atomic E-state index is 0.110.